The molecular formula is C25H40N8O2S. The molecule has 0 amide bonds. The van der Waals surface area contributed by atoms with Crippen molar-refractivity contribution in [2.75, 3.05) is 56.5 Å². The number of anilines is 3. The molecule has 0 aromatic carbocycles. The molecule has 1 aliphatic carbocycles. The summed E-state index contributed by atoms with van der Waals surface area (Å²) in [6.07, 6.45) is 7.35. The molecule has 0 atom stereocenters. The van der Waals surface area contributed by atoms with E-state index in [1.807, 2.05) is 19.1 Å². The predicted molar refractivity (Wildman–Crippen MR) is 142 cm³/mol. The fourth-order valence-corrected chi connectivity index (χ4v) is 7.72. The topological polar surface area (TPSA) is 110 Å². The van der Waals surface area contributed by atoms with Crippen molar-refractivity contribution in [3.05, 3.63) is 23.7 Å². The Labute approximate surface area is 214 Å². The van der Waals surface area contributed by atoms with Crippen molar-refractivity contribution < 1.29 is 8.42 Å². The van der Waals surface area contributed by atoms with E-state index in [4.69, 9.17) is 9.97 Å². The number of H-pyrrole nitrogens is 1. The molecule has 2 N–H and O–H groups in total. The van der Waals surface area contributed by atoms with Gasteiger partial charge in [0.25, 0.3) is 0 Å². The number of hydrogen-bond donors (Lipinski definition) is 2. The van der Waals surface area contributed by atoms with Crippen LogP contribution in [0.15, 0.2) is 12.1 Å². The minimum absolute atomic E-state index is 0.175. The first kappa shape index (κ1) is 25.4. The van der Waals surface area contributed by atoms with Gasteiger partial charge in [-0.2, -0.15) is 5.10 Å². The lowest BCUT2D eigenvalue weighted by Crippen LogP contribution is -2.45. The average Bonchev–Trinajstić information content (AvgIpc) is 3.29. The summed E-state index contributed by atoms with van der Waals surface area (Å²) < 4.78 is 28.0. The Morgan fingerprint density at radius 1 is 0.944 bits per heavy atom. The van der Waals surface area contributed by atoms with E-state index in [-0.39, 0.29) is 5.25 Å². The summed E-state index contributed by atoms with van der Waals surface area (Å²) in [5.41, 5.74) is 0.987. The number of likely N-dealkylation sites (N-methyl/N-ethyl adjacent to an activating group) is 1. The summed E-state index contributed by atoms with van der Waals surface area (Å²) in [6, 6.07) is 3.97. The number of hydrogen-bond acceptors (Lipinski definition) is 8. The van der Waals surface area contributed by atoms with Crippen molar-refractivity contribution in [3.63, 3.8) is 0 Å². The second-order valence-corrected chi connectivity index (χ2v) is 12.9. The highest BCUT2D eigenvalue weighted by Gasteiger charge is 2.35. The molecule has 5 rings (SSSR count). The van der Waals surface area contributed by atoms with Crippen molar-refractivity contribution in [2.24, 2.45) is 5.92 Å². The number of piperazine rings is 1. The van der Waals surface area contributed by atoms with Crippen LogP contribution in [0.4, 0.5) is 17.5 Å². The van der Waals surface area contributed by atoms with Crippen molar-refractivity contribution in [1.82, 2.24) is 29.4 Å². The first-order valence-corrected chi connectivity index (χ1v) is 15.0. The van der Waals surface area contributed by atoms with Gasteiger partial charge in [0.1, 0.15) is 17.5 Å². The number of rotatable bonds is 7. The van der Waals surface area contributed by atoms with Crippen LogP contribution in [-0.2, 0) is 16.4 Å². The lowest BCUT2D eigenvalue weighted by molar-refractivity contribution is 0.265. The largest absolute Gasteiger partial charge is 0.354 e. The van der Waals surface area contributed by atoms with Gasteiger partial charge in [0.05, 0.1) is 5.25 Å². The van der Waals surface area contributed by atoms with E-state index in [1.54, 1.807) is 4.31 Å². The van der Waals surface area contributed by atoms with Gasteiger partial charge in [-0.25, -0.2) is 22.7 Å². The minimum atomic E-state index is -3.17. The summed E-state index contributed by atoms with van der Waals surface area (Å²) in [5, 5.41) is 10.4. The van der Waals surface area contributed by atoms with E-state index in [0.29, 0.717) is 19.0 Å². The average molecular weight is 517 g/mol. The first-order chi connectivity index (χ1) is 17.4. The molecule has 2 aliphatic heterocycles. The quantitative estimate of drug-likeness (QED) is 0.578. The molecule has 0 bridgehead atoms. The van der Waals surface area contributed by atoms with Crippen LogP contribution in [0.5, 0.6) is 0 Å². The van der Waals surface area contributed by atoms with E-state index < -0.39 is 10.0 Å². The van der Waals surface area contributed by atoms with Crippen LogP contribution in [0.3, 0.4) is 0 Å². The number of nitrogens with zero attached hydrogens (tertiary/aromatic N) is 6. The van der Waals surface area contributed by atoms with E-state index in [1.165, 1.54) is 0 Å². The highest BCUT2D eigenvalue weighted by molar-refractivity contribution is 7.89. The molecule has 3 fully saturated rings. The van der Waals surface area contributed by atoms with Crippen LogP contribution in [0, 0.1) is 12.8 Å². The van der Waals surface area contributed by atoms with Crippen LogP contribution in [0.25, 0.3) is 0 Å². The van der Waals surface area contributed by atoms with Crippen molar-refractivity contribution in [1.29, 1.82) is 0 Å². The maximum absolute atomic E-state index is 13.1. The number of sulfonamides is 1. The Morgan fingerprint density at radius 2 is 1.67 bits per heavy atom. The molecule has 10 nitrogen and oxygen atoms in total. The maximum Gasteiger partial charge on any atom is 0.216 e. The number of piperidine rings is 1. The van der Waals surface area contributed by atoms with E-state index >= 15 is 0 Å². The second-order valence-electron chi connectivity index (χ2n) is 10.7. The van der Waals surface area contributed by atoms with Crippen LogP contribution >= 0.6 is 0 Å². The van der Waals surface area contributed by atoms with Gasteiger partial charge in [0, 0.05) is 63.5 Å². The highest BCUT2D eigenvalue weighted by atomic mass is 32.2. The summed E-state index contributed by atoms with van der Waals surface area (Å²) in [7, 11) is -1.03. The van der Waals surface area contributed by atoms with E-state index in [2.05, 4.69) is 32.4 Å². The van der Waals surface area contributed by atoms with Crippen LogP contribution in [0.1, 0.15) is 56.5 Å². The smallest absolute Gasteiger partial charge is 0.216 e. The number of nitrogens with one attached hydrogen (secondary N) is 2. The molecule has 2 aromatic rings. The highest BCUT2D eigenvalue weighted by Crippen LogP contribution is 2.30. The van der Waals surface area contributed by atoms with Gasteiger partial charge in [-0.05, 0) is 45.6 Å². The molecule has 11 heteroatoms. The normalized spacial score (nSPS) is 21.7. The second kappa shape index (κ2) is 11.0. The maximum atomic E-state index is 13.1. The Morgan fingerprint density at radius 3 is 2.33 bits per heavy atom. The molecule has 0 spiro atoms. The molecule has 198 valence electrons. The lowest BCUT2D eigenvalue weighted by atomic mass is 9.94. The van der Waals surface area contributed by atoms with Gasteiger partial charge in [0.2, 0.25) is 10.0 Å². The van der Waals surface area contributed by atoms with Crippen molar-refractivity contribution in [2.45, 2.75) is 63.5 Å². The Hall–Kier alpha value is -2.24. The minimum Gasteiger partial charge on any atom is -0.354 e. The fraction of sp³-hybridized carbons (Fsp3) is 0.720. The third kappa shape index (κ3) is 6.00. The van der Waals surface area contributed by atoms with Gasteiger partial charge in [0.15, 0.2) is 5.82 Å². The Balaban J connectivity index is 1.27. The van der Waals surface area contributed by atoms with Gasteiger partial charge in [-0.1, -0.05) is 19.3 Å². The molecule has 36 heavy (non-hydrogen) atoms. The van der Waals surface area contributed by atoms with Gasteiger partial charge < -0.3 is 15.1 Å². The van der Waals surface area contributed by atoms with E-state index in [0.717, 1.165) is 107 Å². The van der Waals surface area contributed by atoms with Gasteiger partial charge in [-0.15, -0.1) is 0 Å². The monoisotopic (exact) mass is 516 g/mol. The first-order valence-electron chi connectivity index (χ1n) is 13.5. The zero-order valence-corrected chi connectivity index (χ0v) is 22.4. The Kier molecular flexibility index (Phi) is 7.78. The van der Waals surface area contributed by atoms with Crippen molar-refractivity contribution in [3.8, 4) is 0 Å². The molecule has 3 aliphatic rings. The van der Waals surface area contributed by atoms with Gasteiger partial charge >= 0.3 is 0 Å². The van der Waals surface area contributed by atoms with Crippen LogP contribution in [-0.4, -0.2) is 89.4 Å². The standard InChI is InChI=1S/C25H40N8O2S/c1-19-16-24(30-29-19)27-23-18-25(32-14-12-31(2)13-15-32)28-22(26-23)17-20-8-10-33(11-9-20)36(34,35)21-6-4-3-5-7-21/h16,18,20-21H,3-15,17H2,1-2H3,(H2,26,27,28,29,30). The summed E-state index contributed by atoms with van der Waals surface area (Å²) >= 11 is 0. The predicted octanol–water partition coefficient (Wildman–Crippen LogP) is 2.92. The summed E-state index contributed by atoms with van der Waals surface area (Å²) in [5.74, 6) is 3.63. The van der Waals surface area contributed by atoms with Crippen LogP contribution in [0.2, 0.25) is 0 Å². The molecule has 2 saturated heterocycles. The molecule has 1 saturated carbocycles. The van der Waals surface area contributed by atoms with Gasteiger partial charge in [-0.3, -0.25) is 5.10 Å². The summed E-state index contributed by atoms with van der Waals surface area (Å²) in [6.45, 7) is 7.08. The zero-order valence-electron chi connectivity index (χ0n) is 21.6. The molecule has 0 radical (unpaired) electrons. The molecule has 0 unspecified atom stereocenters. The number of aromatic amines is 1. The molecular weight excluding hydrogens is 476 g/mol. The third-order valence-corrected chi connectivity index (χ3v) is 10.3. The Bertz CT molecular complexity index is 1110. The SMILES string of the molecule is Cc1cc(Nc2cc(N3CCN(C)CC3)nc(CC3CCN(S(=O)(=O)C4CCCCC4)CC3)n2)n[nH]1. The van der Waals surface area contributed by atoms with Crippen molar-refractivity contribution >= 4 is 27.5 Å². The molecule has 2 aromatic heterocycles. The summed E-state index contributed by atoms with van der Waals surface area (Å²) in [4.78, 5) is 14.5. The lowest BCUT2D eigenvalue weighted by Gasteiger charge is -2.35. The van der Waals surface area contributed by atoms with Crippen LogP contribution < -0.4 is 10.2 Å². The number of aromatic nitrogens is 4. The fourth-order valence-electron chi connectivity index (χ4n) is 5.65. The number of aryl methyl sites for hydroxylation is 1. The van der Waals surface area contributed by atoms with E-state index in [9.17, 15) is 8.42 Å². The molecule has 4 heterocycles. The zero-order chi connectivity index (χ0) is 25.1. The third-order valence-electron chi connectivity index (χ3n) is 7.93.